The molecule has 0 spiro atoms. The summed E-state index contributed by atoms with van der Waals surface area (Å²) < 4.78 is 5.16. The third kappa shape index (κ3) is 3.00. The molecule has 0 saturated carbocycles. The molecule has 1 atom stereocenters. The van der Waals surface area contributed by atoms with Crippen molar-refractivity contribution in [1.29, 1.82) is 0 Å². The number of nitrogens with one attached hydrogen (secondary N) is 1. The molecule has 0 radical (unpaired) electrons. The Morgan fingerprint density at radius 1 is 1.38 bits per heavy atom. The molecule has 1 aromatic carbocycles. The van der Waals surface area contributed by atoms with Gasteiger partial charge in [-0.05, 0) is 49.6 Å². The summed E-state index contributed by atoms with van der Waals surface area (Å²) in [6, 6.07) is 7.79. The molecular formula is C15H21N5O. The quantitative estimate of drug-likeness (QED) is 0.894. The van der Waals surface area contributed by atoms with Crippen LogP contribution in [-0.4, -0.2) is 41.9 Å². The number of aromatic nitrogens is 3. The number of piperidine rings is 1. The van der Waals surface area contributed by atoms with Crippen LogP contribution < -0.4 is 15.4 Å². The molecule has 2 aromatic rings. The van der Waals surface area contributed by atoms with E-state index in [0.717, 1.165) is 49.1 Å². The summed E-state index contributed by atoms with van der Waals surface area (Å²) in [4.78, 5) is 6.82. The van der Waals surface area contributed by atoms with Crippen molar-refractivity contribution < 1.29 is 4.74 Å². The minimum atomic E-state index is 0.543. The summed E-state index contributed by atoms with van der Waals surface area (Å²) in [6.07, 6.45) is 2.34. The van der Waals surface area contributed by atoms with Crippen LogP contribution >= 0.6 is 0 Å². The van der Waals surface area contributed by atoms with Crippen LogP contribution in [0.4, 0.5) is 5.95 Å². The van der Waals surface area contributed by atoms with E-state index in [1.54, 1.807) is 7.11 Å². The minimum absolute atomic E-state index is 0.543. The zero-order chi connectivity index (χ0) is 14.7. The molecule has 1 unspecified atom stereocenters. The summed E-state index contributed by atoms with van der Waals surface area (Å²) in [5, 5.41) is 7.36. The number of ether oxygens (including phenoxy) is 1. The second-order valence-electron chi connectivity index (χ2n) is 5.40. The number of H-pyrrole nitrogens is 1. The highest BCUT2D eigenvalue weighted by atomic mass is 16.5. The lowest BCUT2D eigenvalue weighted by Gasteiger charge is -2.31. The maximum absolute atomic E-state index is 5.78. The van der Waals surface area contributed by atoms with Gasteiger partial charge in [0.15, 0.2) is 5.82 Å². The highest BCUT2D eigenvalue weighted by Gasteiger charge is 2.21. The first kappa shape index (κ1) is 13.9. The highest BCUT2D eigenvalue weighted by Crippen LogP contribution is 2.23. The standard InChI is InChI=1S/C15H21N5O/c1-21-13-6-4-12(5-7-13)14-17-15(19-18-14)20-8-2-3-11(9-16)10-20/h4-7,11H,2-3,8-10,16H2,1H3,(H,17,18,19). The number of rotatable bonds is 4. The Kier molecular flexibility index (Phi) is 4.06. The zero-order valence-electron chi connectivity index (χ0n) is 12.2. The topological polar surface area (TPSA) is 80.1 Å². The van der Waals surface area contributed by atoms with E-state index in [-0.39, 0.29) is 0 Å². The van der Waals surface area contributed by atoms with Crippen molar-refractivity contribution in [3.63, 3.8) is 0 Å². The van der Waals surface area contributed by atoms with Crippen molar-refractivity contribution in [2.24, 2.45) is 11.7 Å². The predicted molar refractivity (Wildman–Crippen MR) is 82.4 cm³/mol. The largest absolute Gasteiger partial charge is 0.497 e. The van der Waals surface area contributed by atoms with Crippen LogP contribution in [0.3, 0.4) is 0 Å². The normalized spacial score (nSPS) is 18.8. The van der Waals surface area contributed by atoms with Gasteiger partial charge >= 0.3 is 0 Å². The monoisotopic (exact) mass is 287 g/mol. The number of benzene rings is 1. The van der Waals surface area contributed by atoms with Crippen molar-refractivity contribution in [3.8, 4) is 17.1 Å². The molecular weight excluding hydrogens is 266 g/mol. The van der Waals surface area contributed by atoms with Crippen LogP contribution in [0.2, 0.25) is 0 Å². The van der Waals surface area contributed by atoms with Crippen LogP contribution in [0.15, 0.2) is 24.3 Å². The molecule has 1 fully saturated rings. The molecule has 0 aliphatic carbocycles. The first-order valence-corrected chi connectivity index (χ1v) is 7.32. The van der Waals surface area contributed by atoms with Gasteiger partial charge in [0, 0.05) is 18.7 Å². The number of hydrogen-bond donors (Lipinski definition) is 2. The number of aromatic amines is 1. The SMILES string of the molecule is COc1ccc(-c2nc(N3CCCC(CN)C3)n[nH]2)cc1. The smallest absolute Gasteiger partial charge is 0.245 e. The van der Waals surface area contributed by atoms with Gasteiger partial charge < -0.3 is 15.4 Å². The number of nitrogens with two attached hydrogens (primary N) is 1. The van der Waals surface area contributed by atoms with Gasteiger partial charge in [0.25, 0.3) is 0 Å². The van der Waals surface area contributed by atoms with Crippen LogP contribution in [0.5, 0.6) is 5.75 Å². The Morgan fingerprint density at radius 2 is 2.19 bits per heavy atom. The average molecular weight is 287 g/mol. The first-order valence-electron chi connectivity index (χ1n) is 7.32. The minimum Gasteiger partial charge on any atom is -0.497 e. The molecule has 6 heteroatoms. The molecule has 1 aliphatic heterocycles. The molecule has 3 N–H and O–H groups in total. The van der Waals surface area contributed by atoms with Crippen molar-refractivity contribution in [1.82, 2.24) is 15.2 Å². The third-order valence-electron chi connectivity index (χ3n) is 3.97. The van der Waals surface area contributed by atoms with Gasteiger partial charge in [0.1, 0.15) is 5.75 Å². The van der Waals surface area contributed by atoms with E-state index in [1.807, 2.05) is 24.3 Å². The van der Waals surface area contributed by atoms with Crippen molar-refractivity contribution >= 4 is 5.95 Å². The Bertz CT molecular complexity index is 580. The van der Waals surface area contributed by atoms with Gasteiger partial charge in [-0.3, -0.25) is 5.10 Å². The van der Waals surface area contributed by atoms with E-state index in [2.05, 4.69) is 20.1 Å². The van der Waals surface area contributed by atoms with Crippen LogP contribution in [0, 0.1) is 5.92 Å². The number of anilines is 1. The highest BCUT2D eigenvalue weighted by molar-refractivity contribution is 5.57. The fourth-order valence-electron chi connectivity index (χ4n) is 2.71. The zero-order valence-corrected chi connectivity index (χ0v) is 12.2. The van der Waals surface area contributed by atoms with Crippen molar-refractivity contribution in [2.45, 2.75) is 12.8 Å². The van der Waals surface area contributed by atoms with Gasteiger partial charge in [0.05, 0.1) is 7.11 Å². The van der Waals surface area contributed by atoms with E-state index in [1.165, 1.54) is 6.42 Å². The maximum atomic E-state index is 5.78. The first-order chi connectivity index (χ1) is 10.3. The Morgan fingerprint density at radius 3 is 2.90 bits per heavy atom. The lowest BCUT2D eigenvalue weighted by atomic mass is 9.99. The maximum Gasteiger partial charge on any atom is 0.245 e. The predicted octanol–water partition coefficient (Wildman–Crippen LogP) is 1.66. The molecule has 3 rings (SSSR count). The summed E-state index contributed by atoms with van der Waals surface area (Å²) >= 11 is 0. The van der Waals surface area contributed by atoms with E-state index in [0.29, 0.717) is 5.92 Å². The number of methoxy groups -OCH3 is 1. The van der Waals surface area contributed by atoms with E-state index in [9.17, 15) is 0 Å². The molecule has 0 bridgehead atoms. The third-order valence-corrected chi connectivity index (χ3v) is 3.97. The fraction of sp³-hybridized carbons (Fsp3) is 0.467. The lowest BCUT2D eigenvalue weighted by Crippen LogP contribution is -2.38. The molecule has 1 aliphatic rings. The Labute approximate surface area is 124 Å². The van der Waals surface area contributed by atoms with Gasteiger partial charge in [-0.2, -0.15) is 4.98 Å². The molecule has 2 heterocycles. The molecule has 21 heavy (non-hydrogen) atoms. The summed E-state index contributed by atoms with van der Waals surface area (Å²) in [5.41, 5.74) is 6.78. The van der Waals surface area contributed by atoms with Crippen LogP contribution in [-0.2, 0) is 0 Å². The fourth-order valence-corrected chi connectivity index (χ4v) is 2.71. The summed E-state index contributed by atoms with van der Waals surface area (Å²) in [5.74, 6) is 2.92. The number of nitrogens with zero attached hydrogens (tertiary/aromatic N) is 3. The second kappa shape index (κ2) is 6.13. The summed E-state index contributed by atoms with van der Waals surface area (Å²) in [7, 11) is 1.66. The molecule has 6 nitrogen and oxygen atoms in total. The Hall–Kier alpha value is -2.08. The molecule has 112 valence electrons. The van der Waals surface area contributed by atoms with E-state index in [4.69, 9.17) is 10.5 Å². The summed E-state index contributed by atoms with van der Waals surface area (Å²) in [6.45, 7) is 2.67. The Balaban J connectivity index is 1.76. The van der Waals surface area contributed by atoms with Gasteiger partial charge in [-0.1, -0.05) is 0 Å². The molecule has 1 aromatic heterocycles. The van der Waals surface area contributed by atoms with Gasteiger partial charge in [-0.15, -0.1) is 5.10 Å². The van der Waals surface area contributed by atoms with E-state index < -0.39 is 0 Å². The van der Waals surface area contributed by atoms with Gasteiger partial charge in [0.2, 0.25) is 5.95 Å². The molecule has 0 amide bonds. The van der Waals surface area contributed by atoms with Crippen LogP contribution in [0.25, 0.3) is 11.4 Å². The molecule has 1 saturated heterocycles. The number of hydrogen-bond acceptors (Lipinski definition) is 5. The second-order valence-corrected chi connectivity index (χ2v) is 5.40. The van der Waals surface area contributed by atoms with Gasteiger partial charge in [-0.25, -0.2) is 0 Å². The van der Waals surface area contributed by atoms with Crippen LogP contribution in [0.1, 0.15) is 12.8 Å². The van der Waals surface area contributed by atoms with Crippen molar-refractivity contribution in [2.75, 3.05) is 31.6 Å². The average Bonchev–Trinajstić information content (AvgIpc) is 3.05. The van der Waals surface area contributed by atoms with Crippen molar-refractivity contribution in [3.05, 3.63) is 24.3 Å². The lowest BCUT2D eigenvalue weighted by molar-refractivity contribution is 0.415. The van der Waals surface area contributed by atoms with E-state index >= 15 is 0 Å².